The third kappa shape index (κ3) is 7.41. The highest BCUT2D eigenvalue weighted by molar-refractivity contribution is 6.30. The second-order valence-electron chi connectivity index (χ2n) is 8.77. The van der Waals surface area contributed by atoms with E-state index in [9.17, 15) is 19.2 Å². The first-order valence-electron chi connectivity index (χ1n) is 12.4. The van der Waals surface area contributed by atoms with Crippen LogP contribution in [0.5, 0.6) is 0 Å². The summed E-state index contributed by atoms with van der Waals surface area (Å²) in [5.74, 6) is -1.24. The third-order valence-corrected chi connectivity index (χ3v) is 6.23. The maximum atomic E-state index is 13.2. The number of nitrogens with zero attached hydrogens (tertiary/aromatic N) is 4. The minimum atomic E-state index is -0.877. The van der Waals surface area contributed by atoms with E-state index in [0.717, 1.165) is 11.3 Å². The van der Waals surface area contributed by atoms with Crippen molar-refractivity contribution >= 4 is 46.8 Å². The molecule has 2 aromatic carbocycles. The Labute approximate surface area is 234 Å². The zero-order valence-corrected chi connectivity index (χ0v) is 22.3. The van der Waals surface area contributed by atoms with E-state index < -0.39 is 18.0 Å². The van der Waals surface area contributed by atoms with Gasteiger partial charge in [0.25, 0.3) is 5.91 Å². The molecule has 4 amide bonds. The molecule has 1 aliphatic heterocycles. The van der Waals surface area contributed by atoms with E-state index in [2.05, 4.69) is 41.5 Å². The van der Waals surface area contributed by atoms with Crippen LogP contribution >= 0.6 is 11.6 Å². The number of tetrazole rings is 1. The predicted octanol–water partition coefficient (Wildman–Crippen LogP) is 2.63. The lowest BCUT2D eigenvalue weighted by Gasteiger charge is -2.20. The van der Waals surface area contributed by atoms with E-state index in [0.29, 0.717) is 23.6 Å². The first-order valence-corrected chi connectivity index (χ1v) is 12.8. The number of aromatic nitrogens is 4. The molecule has 14 heteroatoms. The molecule has 3 aromatic rings. The summed E-state index contributed by atoms with van der Waals surface area (Å²) in [7, 11) is 1.22. The molecule has 2 heterocycles. The Morgan fingerprint density at radius 1 is 1.18 bits per heavy atom. The van der Waals surface area contributed by atoms with Crippen LogP contribution in [0.1, 0.15) is 35.2 Å². The number of benzene rings is 2. The third-order valence-electron chi connectivity index (χ3n) is 6.00. The smallest absolute Gasteiger partial charge is 0.411 e. The molecule has 0 bridgehead atoms. The van der Waals surface area contributed by atoms with Gasteiger partial charge in [0.2, 0.25) is 11.8 Å². The number of allylic oxidation sites excluding steroid dienone is 1. The van der Waals surface area contributed by atoms with Crippen molar-refractivity contribution in [1.29, 1.82) is 0 Å². The van der Waals surface area contributed by atoms with E-state index >= 15 is 0 Å². The number of methoxy groups -OCH3 is 1. The van der Waals surface area contributed by atoms with Crippen LogP contribution in [0.25, 0.3) is 5.69 Å². The Morgan fingerprint density at radius 2 is 2.02 bits per heavy atom. The molecule has 0 spiro atoms. The zero-order valence-electron chi connectivity index (χ0n) is 21.5. The number of anilines is 2. The Morgan fingerprint density at radius 3 is 2.80 bits per heavy atom. The van der Waals surface area contributed by atoms with Gasteiger partial charge in [-0.05, 0) is 71.7 Å². The highest BCUT2D eigenvalue weighted by atomic mass is 35.5. The molecule has 0 aliphatic carbocycles. The minimum absolute atomic E-state index is 0.135. The van der Waals surface area contributed by atoms with Crippen LogP contribution in [-0.4, -0.2) is 63.7 Å². The molecule has 1 atom stereocenters. The van der Waals surface area contributed by atoms with Crippen molar-refractivity contribution in [2.24, 2.45) is 0 Å². The number of rotatable bonds is 6. The highest BCUT2D eigenvalue weighted by Crippen LogP contribution is 2.23. The van der Waals surface area contributed by atoms with Gasteiger partial charge in [-0.1, -0.05) is 23.8 Å². The SMILES string of the molecule is COC(=O)Nc1ccc2c(c1)NC(=O)CC/C=C\C[C@@H](C(=O)NCCc1cc(Cl)ccc1-n1cnnn1)NC2=O. The number of ether oxygens (including phenoxy) is 1. The fraction of sp³-hybridized carbons (Fsp3) is 0.269. The fourth-order valence-corrected chi connectivity index (χ4v) is 4.22. The van der Waals surface area contributed by atoms with Gasteiger partial charge >= 0.3 is 6.09 Å². The molecule has 0 radical (unpaired) electrons. The Bertz CT molecular complexity index is 1430. The first-order chi connectivity index (χ1) is 19.3. The number of amides is 4. The second kappa shape index (κ2) is 13.3. The van der Waals surface area contributed by atoms with E-state index in [1.54, 1.807) is 30.4 Å². The summed E-state index contributed by atoms with van der Waals surface area (Å²) in [6.45, 7) is 0.263. The molecule has 0 saturated heterocycles. The van der Waals surface area contributed by atoms with Gasteiger partial charge in [0.05, 0.1) is 24.0 Å². The monoisotopic (exact) mass is 566 g/mol. The summed E-state index contributed by atoms with van der Waals surface area (Å²) < 4.78 is 6.11. The molecule has 4 N–H and O–H groups in total. The molecule has 40 heavy (non-hydrogen) atoms. The number of nitrogens with one attached hydrogen (secondary N) is 4. The van der Waals surface area contributed by atoms with Crippen molar-refractivity contribution in [3.05, 3.63) is 71.0 Å². The van der Waals surface area contributed by atoms with Crippen LogP contribution in [0.3, 0.4) is 0 Å². The van der Waals surface area contributed by atoms with Crippen LogP contribution in [0, 0.1) is 0 Å². The quantitative estimate of drug-likeness (QED) is 0.330. The summed E-state index contributed by atoms with van der Waals surface area (Å²) in [6.07, 6.45) is 5.59. The second-order valence-corrected chi connectivity index (χ2v) is 9.20. The van der Waals surface area contributed by atoms with Crippen LogP contribution in [0.2, 0.25) is 5.02 Å². The molecule has 1 aliphatic rings. The molecular weight excluding hydrogens is 540 g/mol. The summed E-state index contributed by atoms with van der Waals surface area (Å²) in [5, 5.41) is 22.6. The van der Waals surface area contributed by atoms with Crippen molar-refractivity contribution in [3.8, 4) is 5.69 Å². The largest absolute Gasteiger partial charge is 0.453 e. The lowest BCUT2D eigenvalue weighted by Crippen LogP contribution is -2.47. The van der Waals surface area contributed by atoms with E-state index in [4.69, 9.17) is 11.6 Å². The van der Waals surface area contributed by atoms with Crippen molar-refractivity contribution in [2.75, 3.05) is 24.3 Å². The van der Waals surface area contributed by atoms with Gasteiger partial charge in [-0.2, -0.15) is 0 Å². The highest BCUT2D eigenvalue weighted by Gasteiger charge is 2.23. The Hall–Kier alpha value is -4.78. The number of halogens is 1. The van der Waals surface area contributed by atoms with E-state index in [1.807, 2.05) is 0 Å². The topological polar surface area (TPSA) is 169 Å². The van der Waals surface area contributed by atoms with Gasteiger partial charge < -0.3 is 20.7 Å². The molecule has 0 unspecified atom stereocenters. The van der Waals surface area contributed by atoms with Gasteiger partial charge in [0, 0.05) is 23.7 Å². The van der Waals surface area contributed by atoms with Gasteiger partial charge in [-0.3, -0.25) is 19.7 Å². The van der Waals surface area contributed by atoms with Crippen LogP contribution in [0.15, 0.2) is 54.9 Å². The summed E-state index contributed by atoms with van der Waals surface area (Å²) in [4.78, 5) is 50.4. The summed E-state index contributed by atoms with van der Waals surface area (Å²) in [5.41, 5.74) is 2.20. The Kier molecular flexibility index (Phi) is 9.41. The van der Waals surface area contributed by atoms with Gasteiger partial charge in [0.1, 0.15) is 12.4 Å². The average molecular weight is 567 g/mol. The summed E-state index contributed by atoms with van der Waals surface area (Å²) >= 11 is 6.18. The molecule has 0 fully saturated rings. The number of carbonyl (C=O) groups excluding carboxylic acids is 4. The van der Waals surface area contributed by atoms with Crippen LogP contribution < -0.4 is 21.3 Å². The number of fused-ring (bicyclic) bond motifs is 1. The lowest BCUT2D eigenvalue weighted by molar-refractivity contribution is -0.123. The Balaban J connectivity index is 1.48. The molecule has 13 nitrogen and oxygen atoms in total. The number of carbonyl (C=O) groups is 4. The van der Waals surface area contributed by atoms with Crippen molar-refractivity contribution in [1.82, 2.24) is 30.8 Å². The van der Waals surface area contributed by atoms with E-state index in [1.165, 1.54) is 36.3 Å². The zero-order chi connectivity index (χ0) is 28.5. The standard InChI is InChI=1S/C26H27ClN8O5/c1-40-26(39)30-18-8-9-19-21(14-18)31-23(36)6-4-2-3-5-20(32-24(19)37)25(38)28-12-11-16-13-17(27)7-10-22(16)35-15-29-33-34-35/h2-3,7-10,13-15,20H,4-6,11-12H2,1H3,(H,28,38)(H,30,39)(H,31,36)(H,32,37)/b3-2-/t20-/m0/s1. The maximum Gasteiger partial charge on any atom is 0.411 e. The van der Waals surface area contributed by atoms with Crippen molar-refractivity contribution < 1.29 is 23.9 Å². The first kappa shape index (κ1) is 28.2. The number of hydrogen-bond acceptors (Lipinski definition) is 8. The van der Waals surface area contributed by atoms with Gasteiger partial charge in [-0.25, -0.2) is 9.48 Å². The maximum absolute atomic E-state index is 13.2. The normalized spacial score (nSPS) is 16.3. The molecule has 4 rings (SSSR count). The fourth-order valence-electron chi connectivity index (χ4n) is 4.03. The predicted molar refractivity (Wildman–Crippen MR) is 146 cm³/mol. The lowest BCUT2D eigenvalue weighted by atomic mass is 10.1. The minimum Gasteiger partial charge on any atom is -0.453 e. The van der Waals surface area contributed by atoms with Crippen LogP contribution in [-0.2, 0) is 20.7 Å². The summed E-state index contributed by atoms with van der Waals surface area (Å²) in [6, 6.07) is 8.81. The molecular formula is C26H27ClN8O5. The van der Waals surface area contributed by atoms with Crippen LogP contribution in [0.4, 0.5) is 16.2 Å². The average Bonchev–Trinajstić information content (AvgIpc) is 3.46. The molecule has 0 saturated carbocycles. The van der Waals surface area contributed by atoms with E-state index in [-0.39, 0.29) is 42.5 Å². The molecule has 1 aromatic heterocycles. The van der Waals surface area contributed by atoms with Gasteiger partial charge in [-0.15, -0.1) is 5.10 Å². The van der Waals surface area contributed by atoms with Crippen molar-refractivity contribution in [2.45, 2.75) is 31.7 Å². The number of hydrogen-bond donors (Lipinski definition) is 4. The molecule has 208 valence electrons. The van der Waals surface area contributed by atoms with Gasteiger partial charge in [0.15, 0.2) is 0 Å². The van der Waals surface area contributed by atoms with Crippen molar-refractivity contribution in [3.63, 3.8) is 0 Å².